The molecular weight excluding hydrogens is 374 g/mol. The highest BCUT2D eigenvalue weighted by molar-refractivity contribution is 6.32. The highest BCUT2D eigenvalue weighted by atomic mass is 35.5. The van der Waals surface area contributed by atoms with Crippen molar-refractivity contribution in [3.63, 3.8) is 0 Å². The van der Waals surface area contributed by atoms with Crippen LogP contribution in [-0.2, 0) is 0 Å². The van der Waals surface area contributed by atoms with Gasteiger partial charge in [-0.15, -0.1) is 0 Å². The average molecular weight is 400 g/mol. The van der Waals surface area contributed by atoms with E-state index in [-0.39, 0.29) is 16.2 Å². The van der Waals surface area contributed by atoms with Gasteiger partial charge >= 0.3 is 0 Å². The van der Waals surface area contributed by atoms with Gasteiger partial charge in [0.15, 0.2) is 0 Å². The molecule has 2 aromatic rings. The first-order valence-corrected chi connectivity index (χ1v) is 9.92. The third kappa shape index (κ3) is 3.76. The minimum Gasteiger partial charge on any atom is -0.366 e. The Hall–Kier alpha value is -2.40. The fourth-order valence-electron chi connectivity index (χ4n) is 4.25. The van der Waals surface area contributed by atoms with Gasteiger partial charge in [-0.05, 0) is 81.0 Å². The van der Waals surface area contributed by atoms with E-state index in [1.165, 1.54) is 23.4 Å². The van der Waals surface area contributed by atoms with Gasteiger partial charge in [-0.3, -0.25) is 15.1 Å². The number of nitro groups is 1. The van der Waals surface area contributed by atoms with E-state index in [1.807, 2.05) is 0 Å². The molecule has 1 heterocycles. The second-order valence-electron chi connectivity index (χ2n) is 8.08. The van der Waals surface area contributed by atoms with Gasteiger partial charge in [0.25, 0.3) is 5.69 Å². The maximum absolute atomic E-state index is 11.1. The average Bonchev–Trinajstić information content (AvgIpc) is 2.60. The molecule has 0 saturated heterocycles. The summed E-state index contributed by atoms with van der Waals surface area (Å²) in [5, 5.41) is 11.2. The number of nitro benzene ring substituents is 1. The summed E-state index contributed by atoms with van der Waals surface area (Å²) in [5.74, 6) is 0.456. The SMILES string of the molecule is CCN1c2cc(C)c(C=Nc3ccc(Cl)c([N+](=O)[O-])c3)cc2C(C)CC1(C)C. The van der Waals surface area contributed by atoms with Crippen molar-refractivity contribution in [1.29, 1.82) is 0 Å². The van der Waals surface area contributed by atoms with Crippen molar-refractivity contribution >= 4 is 34.9 Å². The molecule has 2 aromatic carbocycles. The van der Waals surface area contributed by atoms with Crippen molar-refractivity contribution in [1.82, 2.24) is 0 Å². The van der Waals surface area contributed by atoms with Gasteiger partial charge in [-0.2, -0.15) is 0 Å². The van der Waals surface area contributed by atoms with Crippen molar-refractivity contribution < 1.29 is 4.92 Å². The van der Waals surface area contributed by atoms with E-state index in [1.54, 1.807) is 12.3 Å². The third-order valence-corrected chi connectivity index (χ3v) is 5.89. The summed E-state index contributed by atoms with van der Waals surface area (Å²) in [5.41, 5.74) is 5.29. The highest BCUT2D eigenvalue weighted by Crippen LogP contribution is 2.44. The fraction of sp³-hybridized carbons (Fsp3) is 0.409. The van der Waals surface area contributed by atoms with E-state index >= 15 is 0 Å². The normalized spacial score (nSPS) is 18.4. The quantitative estimate of drug-likeness (QED) is 0.338. The lowest BCUT2D eigenvalue weighted by Gasteiger charge is -2.47. The Morgan fingerprint density at radius 1 is 1.36 bits per heavy atom. The second kappa shape index (κ2) is 7.55. The maximum Gasteiger partial charge on any atom is 0.290 e. The van der Waals surface area contributed by atoms with Crippen LogP contribution in [0.3, 0.4) is 0 Å². The zero-order valence-corrected chi connectivity index (χ0v) is 17.7. The summed E-state index contributed by atoms with van der Waals surface area (Å²) in [4.78, 5) is 17.5. The molecule has 0 bridgehead atoms. The summed E-state index contributed by atoms with van der Waals surface area (Å²) in [6.45, 7) is 12.1. The maximum atomic E-state index is 11.1. The Balaban J connectivity index is 1.99. The molecule has 3 rings (SSSR count). The molecule has 148 valence electrons. The molecule has 1 aliphatic rings. The van der Waals surface area contributed by atoms with Gasteiger partial charge in [0.2, 0.25) is 0 Å². The fourth-order valence-corrected chi connectivity index (χ4v) is 4.44. The lowest BCUT2D eigenvalue weighted by atomic mass is 9.79. The number of halogens is 1. The van der Waals surface area contributed by atoms with Crippen molar-refractivity contribution in [3.05, 3.63) is 62.2 Å². The van der Waals surface area contributed by atoms with Gasteiger partial charge in [0.05, 0.1) is 10.6 Å². The van der Waals surface area contributed by atoms with Gasteiger partial charge in [0.1, 0.15) is 5.02 Å². The molecule has 0 N–H and O–H groups in total. The van der Waals surface area contributed by atoms with Crippen LogP contribution in [0.25, 0.3) is 0 Å². The summed E-state index contributed by atoms with van der Waals surface area (Å²) in [6.07, 6.45) is 2.88. The van der Waals surface area contributed by atoms with Gasteiger partial charge in [-0.25, -0.2) is 0 Å². The molecular formula is C22H26ClN3O2. The first-order valence-electron chi connectivity index (χ1n) is 9.54. The standard InChI is InChI=1S/C22H26ClN3O2/c1-6-25-20-9-14(2)16(10-18(20)15(3)12-22(25,4)5)13-24-17-7-8-19(23)21(11-17)26(27)28/h7-11,13,15H,6,12H2,1-5H3. The van der Waals surface area contributed by atoms with Gasteiger partial charge < -0.3 is 4.90 Å². The summed E-state index contributed by atoms with van der Waals surface area (Å²) >= 11 is 5.88. The number of anilines is 1. The molecule has 0 spiro atoms. The second-order valence-corrected chi connectivity index (χ2v) is 8.49. The number of aryl methyl sites for hydroxylation is 1. The topological polar surface area (TPSA) is 58.7 Å². The van der Waals surface area contributed by atoms with Crippen LogP contribution >= 0.6 is 11.6 Å². The summed E-state index contributed by atoms with van der Waals surface area (Å²) < 4.78 is 0. The van der Waals surface area contributed by atoms with Crippen LogP contribution in [0.5, 0.6) is 0 Å². The zero-order valence-electron chi connectivity index (χ0n) is 17.0. The molecule has 0 aliphatic carbocycles. The van der Waals surface area contributed by atoms with E-state index in [4.69, 9.17) is 11.6 Å². The van der Waals surface area contributed by atoms with Crippen LogP contribution in [0.2, 0.25) is 5.02 Å². The summed E-state index contributed by atoms with van der Waals surface area (Å²) in [6, 6.07) is 9.04. The van der Waals surface area contributed by atoms with E-state index in [9.17, 15) is 10.1 Å². The first kappa shape index (κ1) is 20.3. The minimum atomic E-state index is -0.492. The van der Waals surface area contributed by atoms with E-state index in [0.717, 1.165) is 24.1 Å². The van der Waals surface area contributed by atoms with Crippen LogP contribution < -0.4 is 4.90 Å². The molecule has 0 aromatic heterocycles. The van der Waals surface area contributed by atoms with Crippen molar-refractivity contribution in [3.8, 4) is 0 Å². The highest BCUT2D eigenvalue weighted by Gasteiger charge is 2.35. The monoisotopic (exact) mass is 399 g/mol. The lowest BCUT2D eigenvalue weighted by Crippen LogP contribution is -2.48. The van der Waals surface area contributed by atoms with Crippen molar-refractivity contribution in [2.45, 2.75) is 52.5 Å². The van der Waals surface area contributed by atoms with Crippen molar-refractivity contribution in [2.75, 3.05) is 11.4 Å². The molecule has 0 radical (unpaired) electrons. The Morgan fingerprint density at radius 2 is 2.07 bits per heavy atom. The number of aliphatic imine (C=N–C) groups is 1. The molecule has 28 heavy (non-hydrogen) atoms. The van der Waals surface area contributed by atoms with Crippen LogP contribution in [0.1, 0.15) is 56.7 Å². The smallest absolute Gasteiger partial charge is 0.290 e. The predicted octanol–water partition coefficient (Wildman–Crippen LogP) is 6.42. The molecule has 5 nitrogen and oxygen atoms in total. The first-order chi connectivity index (χ1) is 13.1. The van der Waals surface area contributed by atoms with Gasteiger partial charge in [-0.1, -0.05) is 18.5 Å². The Labute approximate surface area is 171 Å². The predicted molar refractivity (Wildman–Crippen MR) is 117 cm³/mol. The van der Waals surface area contributed by atoms with E-state index < -0.39 is 4.92 Å². The number of benzene rings is 2. The number of fused-ring (bicyclic) bond motifs is 1. The third-order valence-electron chi connectivity index (χ3n) is 5.57. The van der Waals surface area contributed by atoms with Crippen LogP contribution in [0.4, 0.5) is 17.1 Å². The van der Waals surface area contributed by atoms with E-state index in [0.29, 0.717) is 11.6 Å². The molecule has 0 fully saturated rings. The van der Waals surface area contributed by atoms with Crippen molar-refractivity contribution in [2.24, 2.45) is 4.99 Å². The van der Waals surface area contributed by atoms with Gasteiger partial charge in [0, 0.05) is 30.1 Å². The molecule has 1 atom stereocenters. The number of rotatable bonds is 4. The number of hydrogen-bond donors (Lipinski definition) is 0. The minimum absolute atomic E-state index is 0.116. The molecule has 1 unspecified atom stereocenters. The number of nitrogens with zero attached hydrogens (tertiary/aromatic N) is 3. The van der Waals surface area contributed by atoms with Crippen LogP contribution in [0.15, 0.2) is 35.3 Å². The largest absolute Gasteiger partial charge is 0.366 e. The lowest BCUT2D eigenvalue weighted by molar-refractivity contribution is -0.384. The number of hydrogen-bond acceptors (Lipinski definition) is 4. The van der Waals surface area contributed by atoms with Crippen LogP contribution in [0, 0.1) is 17.0 Å². The summed E-state index contributed by atoms with van der Waals surface area (Å²) in [7, 11) is 0. The molecule has 6 heteroatoms. The van der Waals surface area contributed by atoms with E-state index in [2.05, 4.69) is 56.6 Å². The Bertz CT molecular complexity index is 953. The molecule has 0 amide bonds. The zero-order chi connectivity index (χ0) is 20.6. The van der Waals surface area contributed by atoms with Crippen LogP contribution in [-0.4, -0.2) is 23.2 Å². The Kier molecular flexibility index (Phi) is 5.48. The molecule has 1 aliphatic heterocycles. The Morgan fingerprint density at radius 3 is 2.71 bits per heavy atom. The molecule has 0 saturated carbocycles.